The number of carbonyl (C=O) groups excluding carboxylic acids is 3. The van der Waals surface area contributed by atoms with Gasteiger partial charge >= 0.3 is 11.9 Å². The lowest BCUT2D eigenvalue weighted by molar-refractivity contribution is -0.145. The van der Waals surface area contributed by atoms with Gasteiger partial charge in [0.1, 0.15) is 16.8 Å². The zero-order valence-electron chi connectivity index (χ0n) is 15.6. The predicted octanol–water partition coefficient (Wildman–Crippen LogP) is 2.83. The van der Waals surface area contributed by atoms with Crippen LogP contribution >= 0.6 is 23.2 Å². The first-order valence-electron chi connectivity index (χ1n) is 8.71. The fraction of sp³-hybridized carbons (Fsp3) is 0.421. The highest BCUT2D eigenvalue weighted by Crippen LogP contribution is 2.37. The van der Waals surface area contributed by atoms with Crippen LogP contribution in [0.3, 0.4) is 0 Å². The summed E-state index contributed by atoms with van der Waals surface area (Å²) in [7, 11) is 0. The molecule has 7 nitrogen and oxygen atoms in total. The lowest BCUT2D eigenvalue weighted by Crippen LogP contribution is -2.33. The Morgan fingerprint density at radius 3 is 2.46 bits per heavy atom. The van der Waals surface area contributed by atoms with Gasteiger partial charge in [0.25, 0.3) is 0 Å². The largest absolute Gasteiger partial charge is 0.480 e. The molecule has 1 aromatic carbocycles. The molecule has 1 aliphatic rings. The van der Waals surface area contributed by atoms with Gasteiger partial charge in [-0.3, -0.25) is 10.1 Å². The van der Waals surface area contributed by atoms with Gasteiger partial charge in [-0.25, -0.2) is 9.59 Å². The van der Waals surface area contributed by atoms with Crippen molar-refractivity contribution in [2.75, 3.05) is 26.4 Å². The summed E-state index contributed by atoms with van der Waals surface area (Å²) in [6.45, 7) is 7.61. The molecule has 0 saturated carbocycles. The Hall–Kier alpha value is -2.09. The smallest absolute Gasteiger partial charge is 0.344 e. The highest BCUT2D eigenvalue weighted by Gasteiger charge is 2.39. The number of benzene rings is 1. The highest BCUT2D eigenvalue weighted by molar-refractivity contribution is 6.45. The Labute approximate surface area is 172 Å². The van der Waals surface area contributed by atoms with Crippen molar-refractivity contribution in [2.45, 2.75) is 19.9 Å². The molecular formula is C19H21Cl2NO6. The van der Waals surface area contributed by atoms with Gasteiger partial charge in [-0.2, -0.15) is 0 Å². The van der Waals surface area contributed by atoms with E-state index in [-0.39, 0.29) is 53.5 Å². The van der Waals surface area contributed by atoms with E-state index < -0.39 is 23.9 Å². The Morgan fingerprint density at radius 1 is 1.14 bits per heavy atom. The van der Waals surface area contributed by atoms with Gasteiger partial charge < -0.3 is 14.2 Å². The average Bonchev–Trinajstić information content (AvgIpc) is 3.04. The second-order valence-electron chi connectivity index (χ2n) is 5.92. The molecule has 1 N–H and O–H groups in total. The van der Waals surface area contributed by atoms with Gasteiger partial charge in [-0.05, 0) is 31.6 Å². The number of ketones is 1. The molecule has 2 atom stereocenters. The summed E-state index contributed by atoms with van der Waals surface area (Å²) >= 11 is 12.4. The van der Waals surface area contributed by atoms with Crippen LogP contribution in [0.1, 0.15) is 24.2 Å². The summed E-state index contributed by atoms with van der Waals surface area (Å²) < 4.78 is 15.0. The van der Waals surface area contributed by atoms with Crippen molar-refractivity contribution in [1.82, 2.24) is 5.32 Å². The number of Topliss-reactive ketones (excluding diaryl/α,β-unsaturated/α-hetero) is 1. The van der Waals surface area contributed by atoms with Crippen molar-refractivity contribution in [3.05, 3.63) is 39.9 Å². The van der Waals surface area contributed by atoms with E-state index in [0.717, 1.165) is 0 Å². The van der Waals surface area contributed by atoms with Crippen LogP contribution in [-0.2, 0) is 19.1 Å². The fourth-order valence-electron chi connectivity index (χ4n) is 2.78. The first kappa shape index (κ1) is 22.2. The first-order chi connectivity index (χ1) is 13.3. The third-order valence-corrected chi connectivity index (χ3v) is 5.01. The molecule has 0 spiro atoms. The van der Waals surface area contributed by atoms with Crippen molar-refractivity contribution < 1.29 is 28.6 Å². The van der Waals surface area contributed by atoms with Crippen LogP contribution < -0.4 is 10.1 Å². The molecule has 152 valence electrons. The number of hydrogen-bond acceptors (Lipinski definition) is 7. The number of ether oxygens (including phenoxy) is 3. The van der Waals surface area contributed by atoms with E-state index in [2.05, 4.69) is 11.9 Å². The predicted molar refractivity (Wildman–Crippen MR) is 104 cm³/mol. The van der Waals surface area contributed by atoms with Gasteiger partial charge in [-0.15, -0.1) is 0 Å². The van der Waals surface area contributed by atoms with Crippen molar-refractivity contribution in [2.24, 2.45) is 5.92 Å². The number of rotatable bonds is 8. The van der Waals surface area contributed by atoms with Crippen molar-refractivity contribution in [3.8, 4) is 5.75 Å². The first-order valence-corrected chi connectivity index (χ1v) is 9.46. The Kier molecular flexibility index (Phi) is 7.86. The van der Waals surface area contributed by atoms with E-state index >= 15 is 0 Å². The number of halogens is 2. The maximum absolute atomic E-state index is 12.9. The Balaban J connectivity index is 2.14. The third-order valence-electron chi connectivity index (χ3n) is 4.15. The number of esters is 2. The number of hydrogen-bond donors (Lipinski definition) is 1. The number of nitrogens with one attached hydrogen (secondary N) is 1. The minimum atomic E-state index is -0.740. The maximum atomic E-state index is 12.9. The molecule has 0 radical (unpaired) electrons. The topological polar surface area (TPSA) is 90.9 Å². The Bertz CT molecular complexity index is 795. The molecule has 0 amide bonds. The summed E-state index contributed by atoms with van der Waals surface area (Å²) in [4.78, 5) is 36.2. The molecule has 0 aliphatic carbocycles. The van der Waals surface area contributed by atoms with Crippen molar-refractivity contribution >= 4 is 40.9 Å². The van der Waals surface area contributed by atoms with E-state index in [1.54, 1.807) is 13.8 Å². The lowest BCUT2D eigenvalue weighted by Gasteiger charge is -2.15. The van der Waals surface area contributed by atoms with E-state index in [9.17, 15) is 14.4 Å². The summed E-state index contributed by atoms with van der Waals surface area (Å²) in [5.74, 6) is -1.84. The van der Waals surface area contributed by atoms with E-state index in [0.29, 0.717) is 5.57 Å². The minimum Gasteiger partial charge on any atom is -0.480 e. The molecule has 1 fully saturated rings. The van der Waals surface area contributed by atoms with Gasteiger partial charge in [0.2, 0.25) is 0 Å². The summed E-state index contributed by atoms with van der Waals surface area (Å²) in [6.07, 6.45) is 0. The molecule has 9 heteroatoms. The molecule has 1 heterocycles. The molecule has 1 saturated heterocycles. The summed E-state index contributed by atoms with van der Waals surface area (Å²) in [5, 5.41) is 2.94. The molecule has 1 aliphatic heterocycles. The van der Waals surface area contributed by atoms with Gasteiger partial charge in [0.15, 0.2) is 12.4 Å². The zero-order chi connectivity index (χ0) is 20.8. The van der Waals surface area contributed by atoms with Crippen LogP contribution in [0.4, 0.5) is 0 Å². The quantitative estimate of drug-likeness (QED) is 0.385. The van der Waals surface area contributed by atoms with Gasteiger partial charge in [0, 0.05) is 12.1 Å². The van der Waals surface area contributed by atoms with Crippen LogP contribution in [0.5, 0.6) is 5.75 Å². The normalized spacial score (nSPS) is 18.6. The van der Waals surface area contributed by atoms with E-state index in [1.165, 1.54) is 12.1 Å². The second kappa shape index (κ2) is 9.91. The monoisotopic (exact) mass is 429 g/mol. The molecular weight excluding hydrogens is 409 g/mol. The maximum Gasteiger partial charge on any atom is 0.344 e. The van der Waals surface area contributed by atoms with Crippen molar-refractivity contribution in [1.29, 1.82) is 0 Å². The van der Waals surface area contributed by atoms with E-state index in [4.69, 9.17) is 37.4 Å². The van der Waals surface area contributed by atoms with Crippen molar-refractivity contribution in [3.63, 3.8) is 0 Å². The standard InChI is InChI=1S/C19H21Cl2NO6/c1-4-26-14(23)9-28-13-7-6-11(15(20)16(13)21)18(24)12-8-22-17(10(12)3)19(25)27-5-2/h6-7,12,17,22H,3-5,8-9H2,1-2H3/t12?,17-/m0/s1. The molecule has 1 unspecified atom stereocenters. The van der Waals surface area contributed by atoms with Gasteiger partial charge in [-0.1, -0.05) is 29.8 Å². The van der Waals surface area contributed by atoms with Crippen LogP contribution in [0.15, 0.2) is 24.3 Å². The molecule has 0 aromatic heterocycles. The lowest BCUT2D eigenvalue weighted by atomic mass is 9.91. The van der Waals surface area contributed by atoms with Crippen LogP contribution in [0, 0.1) is 5.92 Å². The fourth-order valence-corrected chi connectivity index (χ4v) is 3.25. The summed E-state index contributed by atoms with van der Waals surface area (Å²) in [6, 6.07) is 2.17. The van der Waals surface area contributed by atoms with Crippen LogP contribution in [0.2, 0.25) is 10.0 Å². The van der Waals surface area contributed by atoms with E-state index in [1.807, 2.05) is 0 Å². The van der Waals surface area contributed by atoms with Gasteiger partial charge in [0.05, 0.1) is 24.2 Å². The zero-order valence-corrected chi connectivity index (χ0v) is 17.1. The average molecular weight is 430 g/mol. The number of carbonyl (C=O) groups is 3. The molecule has 2 rings (SSSR count). The third kappa shape index (κ3) is 4.84. The van der Waals surface area contributed by atoms with Crippen LogP contribution in [-0.4, -0.2) is 50.1 Å². The van der Waals surface area contributed by atoms with Crippen LogP contribution in [0.25, 0.3) is 0 Å². The second-order valence-corrected chi connectivity index (χ2v) is 6.67. The highest BCUT2D eigenvalue weighted by atomic mass is 35.5. The molecule has 1 aromatic rings. The molecule has 0 bridgehead atoms. The SMILES string of the molecule is C=C1C(C(=O)c2ccc(OCC(=O)OCC)c(Cl)c2Cl)CN[C@@H]1C(=O)OCC. The minimum absolute atomic E-state index is 0.000380. The molecule has 28 heavy (non-hydrogen) atoms. The Morgan fingerprint density at radius 2 is 1.82 bits per heavy atom. The summed E-state index contributed by atoms with van der Waals surface area (Å²) in [5.41, 5.74) is 0.589.